The molecular weight excluding hydrogens is 291 g/mol. The Labute approximate surface area is 110 Å². The predicted molar refractivity (Wildman–Crippen MR) is 57.5 cm³/mol. The van der Waals surface area contributed by atoms with Crippen LogP contribution in [0.1, 0.15) is 23.8 Å². The number of hydrogen-bond acceptors (Lipinski definition) is 4. The summed E-state index contributed by atoms with van der Waals surface area (Å²) in [5.74, 6) is -1.40. The summed E-state index contributed by atoms with van der Waals surface area (Å²) in [5, 5.41) is 26.8. The van der Waals surface area contributed by atoms with Gasteiger partial charge in [-0.3, -0.25) is 4.79 Å². The number of nitrogens with zero attached hydrogens (tertiary/aromatic N) is 1. The zero-order chi connectivity index (χ0) is 14.8. The molecule has 1 aromatic heterocycles. The van der Waals surface area contributed by atoms with Crippen LogP contribution in [0.2, 0.25) is 5.15 Å². The van der Waals surface area contributed by atoms with Gasteiger partial charge in [0.05, 0.1) is 12.5 Å². The van der Waals surface area contributed by atoms with Crippen molar-refractivity contribution >= 4 is 17.6 Å². The highest BCUT2D eigenvalue weighted by molar-refractivity contribution is 6.29. The van der Waals surface area contributed by atoms with Gasteiger partial charge >= 0.3 is 12.1 Å². The number of carboxylic acid groups (broad SMARTS) is 1. The van der Waals surface area contributed by atoms with Crippen LogP contribution in [0.15, 0.2) is 12.1 Å². The second kappa shape index (κ2) is 5.72. The molecule has 2 unspecified atom stereocenters. The number of alkyl halides is 3. The minimum Gasteiger partial charge on any atom is -0.481 e. The third-order valence-electron chi connectivity index (χ3n) is 2.20. The van der Waals surface area contributed by atoms with Crippen molar-refractivity contribution in [1.29, 1.82) is 0 Å². The van der Waals surface area contributed by atoms with Crippen LogP contribution in [0.25, 0.3) is 0 Å². The van der Waals surface area contributed by atoms with Crippen molar-refractivity contribution in [3.05, 3.63) is 28.5 Å². The highest BCUT2D eigenvalue weighted by Gasteiger charge is 2.34. The molecule has 0 amide bonds. The largest absolute Gasteiger partial charge is 0.481 e. The third-order valence-corrected chi connectivity index (χ3v) is 2.39. The molecule has 5 nitrogen and oxygen atoms in total. The lowest BCUT2D eigenvalue weighted by atomic mass is 10.0. The Morgan fingerprint density at radius 2 is 1.95 bits per heavy atom. The summed E-state index contributed by atoms with van der Waals surface area (Å²) in [5.41, 5.74) is -1.70. The Balaban J connectivity index is 3.06. The summed E-state index contributed by atoms with van der Waals surface area (Å²) in [6.07, 6.45) is -9.14. The normalized spacial score (nSPS) is 15.1. The van der Waals surface area contributed by atoms with Crippen LogP contribution in [0.5, 0.6) is 0 Å². The van der Waals surface area contributed by atoms with Crippen LogP contribution in [-0.4, -0.2) is 32.4 Å². The fourth-order valence-corrected chi connectivity index (χ4v) is 1.56. The Bertz CT molecular complexity index is 480. The number of pyridine rings is 1. The predicted octanol–water partition coefficient (Wildman–Crippen LogP) is 1.62. The highest BCUT2D eigenvalue weighted by atomic mass is 35.5. The molecule has 0 saturated heterocycles. The fraction of sp³-hybridized carbons (Fsp3) is 0.400. The zero-order valence-corrected chi connectivity index (χ0v) is 9.98. The van der Waals surface area contributed by atoms with E-state index in [0.29, 0.717) is 6.07 Å². The molecule has 1 rings (SSSR count). The van der Waals surface area contributed by atoms with Crippen molar-refractivity contribution in [2.45, 2.75) is 24.8 Å². The van der Waals surface area contributed by atoms with E-state index in [9.17, 15) is 28.2 Å². The maximum atomic E-state index is 12.5. The van der Waals surface area contributed by atoms with E-state index in [1.807, 2.05) is 0 Å². The summed E-state index contributed by atoms with van der Waals surface area (Å²) in [4.78, 5) is 13.4. The fourth-order valence-electron chi connectivity index (χ4n) is 1.35. The molecule has 19 heavy (non-hydrogen) atoms. The molecule has 0 saturated carbocycles. The van der Waals surface area contributed by atoms with E-state index >= 15 is 0 Å². The first-order valence-electron chi connectivity index (χ1n) is 4.94. The number of aliphatic hydroxyl groups is 2. The monoisotopic (exact) mass is 299 g/mol. The van der Waals surface area contributed by atoms with Crippen molar-refractivity contribution in [3.8, 4) is 0 Å². The standard InChI is InChI=1S/C10H9ClF3NO4/c11-7-2-4(1-6(15-7)10(12,13)14)9(19)5(16)3-8(17)18/h1-2,5,9,16,19H,3H2,(H,17,18). The molecule has 0 aliphatic carbocycles. The van der Waals surface area contributed by atoms with E-state index in [4.69, 9.17) is 16.7 Å². The quantitative estimate of drug-likeness (QED) is 0.735. The van der Waals surface area contributed by atoms with Gasteiger partial charge in [0.25, 0.3) is 0 Å². The molecule has 0 aliphatic heterocycles. The second-order valence-corrected chi connectivity index (χ2v) is 4.10. The summed E-state index contributed by atoms with van der Waals surface area (Å²) in [7, 11) is 0. The molecule has 0 spiro atoms. The molecule has 9 heteroatoms. The van der Waals surface area contributed by atoms with Gasteiger partial charge in [0, 0.05) is 0 Å². The van der Waals surface area contributed by atoms with Crippen molar-refractivity contribution in [2.75, 3.05) is 0 Å². The maximum Gasteiger partial charge on any atom is 0.433 e. The van der Waals surface area contributed by atoms with Crippen LogP contribution in [0.3, 0.4) is 0 Å². The topological polar surface area (TPSA) is 90.7 Å². The lowest BCUT2D eigenvalue weighted by molar-refractivity contribution is -0.143. The Morgan fingerprint density at radius 1 is 1.37 bits per heavy atom. The smallest absolute Gasteiger partial charge is 0.433 e. The molecule has 0 radical (unpaired) electrons. The van der Waals surface area contributed by atoms with Crippen LogP contribution in [0.4, 0.5) is 13.2 Å². The number of aliphatic carboxylic acids is 1. The molecule has 0 bridgehead atoms. The van der Waals surface area contributed by atoms with Gasteiger partial charge in [-0.15, -0.1) is 0 Å². The molecule has 0 fully saturated rings. The van der Waals surface area contributed by atoms with Crippen LogP contribution < -0.4 is 0 Å². The molecule has 0 aromatic carbocycles. The lowest BCUT2D eigenvalue weighted by Gasteiger charge is -2.17. The van der Waals surface area contributed by atoms with Gasteiger partial charge in [0.2, 0.25) is 0 Å². The van der Waals surface area contributed by atoms with Gasteiger partial charge in [-0.2, -0.15) is 13.2 Å². The number of carboxylic acids is 1. The van der Waals surface area contributed by atoms with Crippen molar-refractivity contribution < 1.29 is 33.3 Å². The number of hydrogen-bond donors (Lipinski definition) is 3. The SMILES string of the molecule is O=C(O)CC(O)C(O)c1cc(Cl)nc(C(F)(F)F)c1. The molecule has 1 aromatic rings. The van der Waals surface area contributed by atoms with Crippen molar-refractivity contribution in [1.82, 2.24) is 4.98 Å². The first kappa shape index (κ1) is 15.7. The first-order valence-corrected chi connectivity index (χ1v) is 5.31. The van der Waals surface area contributed by atoms with Gasteiger partial charge in [-0.05, 0) is 17.7 Å². The summed E-state index contributed by atoms with van der Waals surface area (Å²) in [6, 6.07) is 1.42. The van der Waals surface area contributed by atoms with Crippen LogP contribution in [-0.2, 0) is 11.0 Å². The van der Waals surface area contributed by atoms with Crippen molar-refractivity contribution in [2.24, 2.45) is 0 Å². The number of rotatable bonds is 4. The minimum atomic E-state index is -4.77. The molecular formula is C10H9ClF3NO4. The van der Waals surface area contributed by atoms with E-state index in [1.165, 1.54) is 0 Å². The van der Waals surface area contributed by atoms with E-state index in [0.717, 1.165) is 6.07 Å². The number of halogens is 4. The minimum absolute atomic E-state index is 0.360. The maximum absolute atomic E-state index is 12.5. The van der Waals surface area contributed by atoms with Crippen molar-refractivity contribution in [3.63, 3.8) is 0 Å². The first-order chi connectivity index (χ1) is 8.61. The van der Waals surface area contributed by atoms with Gasteiger partial charge in [-0.25, -0.2) is 4.98 Å². The molecule has 3 N–H and O–H groups in total. The summed E-state index contributed by atoms with van der Waals surface area (Å²) < 4.78 is 37.4. The summed E-state index contributed by atoms with van der Waals surface area (Å²) >= 11 is 5.39. The molecule has 2 atom stereocenters. The Kier molecular flexibility index (Phi) is 4.72. The molecule has 1 heterocycles. The van der Waals surface area contributed by atoms with E-state index < -0.39 is 41.6 Å². The van der Waals surface area contributed by atoms with E-state index in [1.54, 1.807) is 0 Å². The third kappa shape index (κ3) is 4.34. The van der Waals surface area contributed by atoms with Gasteiger partial charge in [0.15, 0.2) is 0 Å². The van der Waals surface area contributed by atoms with Gasteiger partial charge in [0.1, 0.15) is 17.0 Å². The highest BCUT2D eigenvalue weighted by Crippen LogP contribution is 2.31. The number of aliphatic hydroxyl groups excluding tert-OH is 2. The molecule has 106 valence electrons. The van der Waals surface area contributed by atoms with E-state index in [2.05, 4.69) is 4.98 Å². The number of carbonyl (C=O) groups is 1. The molecule has 0 aliphatic rings. The Morgan fingerprint density at radius 3 is 2.42 bits per heavy atom. The van der Waals surface area contributed by atoms with E-state index in [-0.39, 0.29) is 5.56 Å². The summed E-state index contributed by atoms with van der Waals surface area (Å²) in [6.45, 7) is 0. The average Bonchev–Trinajstić information content (AvgIpc) is 2.25. The van der Waals surface area contributed by atoms with Gasteiger partial charge in [-0.1, -0.05) is 11.6 Å². The van der Waals surface area contributed by atoms with Crippen LogP contribution >= 0.6 is 11.6 Å². The second-order valence-electron chi connectivity index (χ2n) is 3.72. The zero-order valence-electron chi connectivity index (χ0n) is 9.23. The Hall–Kier alpha value is -1.38. The number of aromatic nitrogens is 1. The van der Waals surface area contributed by atoms with Gasteiger partial charge < -0.3 is 15.3 Å². The average molecular weight is 300 g/mol. The lowest BCUT2D eigenvalue weighted by Crippen LogP contribution is -2.22. The van der Waals surface area contributed by atoms with Crippen LogP contribution in [0, 0.1) is 0 Å².